The van der Waals surface area contributed by atoms with Crippen LogP contribution in [-0.4, -0.2) is 0 Å². The zero-order valence-electron chi connectivity index (χ0n) is 9.85. The standard InChI is InChI=1S/C17H14.2CH4/c1-2-6-14-8-5-9-15-12-11-13-7-3-4-10-16(13)17(14)15;;/h2-12H,1H3;2*1H4/b6-2-;;. The molecule has 98 valence electrons. The predicted octanol–water partition coefficient (Wildman–Crippen LogP) is 6.30. The van der Waals surface area contributed by atoms with Gasteiger partial charge >= 0.3 is 0 Å². The molecule has 0 aromatic heterocycles. The Labute approximate surface area is 116 Å². The molecular weight excluding hydrogens is 228 g/mol. The highest BCUT2D eigenvalue weighted by Gasteiger charge is 2.02. The first-order chi connectivity index (χ1) is 8.40. The van der Waals surface area contributed by atoms with Gasteiger partial charge in [0.1, 0.15) is 0 Å². The molecule has 0 radical (unpaired) electrons. The van der Waals surface area contributed by atoms with Crippen LogP contribution >= 0.6 is 0 Å². The quantitative estimate of drug-likeness (QED) is 0.445. The molecule has 0 amide bonds. The van der Waals surface area contributed by atoms with Gasteiger partial charge in [-0.1, -0.05) is 81.6 Å². The van der Waals surface area contributed by atoms with E-state index in [9.17, 15) is 0 Å². The van der Waals surface area contributed by atoms with E-state index < -0.39 is 0 Å². The fourth-order valence-electron chi connectivity index (χ4n) is 2.41. The zero-order chi connectivity index (χ0) is 11.7. The van der Waals surface area contributed by atoms with E-state index in [4.69, 9.17) is 0 Å². The van der Waals surface area contributed by atoms with Gasteiger partial charge in [0.15, 0.2) is 0 Å². The highest BCUT2D eigenvalue weighted by atomic mass is 14.1. The van der Waals surface area contributed by atoms with Crippen molar-refractivity contribution in [1.82, 2.24) is 0 Å². The van der Waals surface area contributed by atoms with Gasteiger partial charge in [0, 0.05) is 0 Å². The van der Waals surface area contributed by atoms with E-state index in [0.717, 1.165) is 0 Å². The summed E-state index contributed by atoms with van der Waals surface area (Å²) < 4.78 is 0. The molecule has 0 aliphatic heterocycles. The molecule has 0 aliphatic rings. The van der Waals surface area contributed by atoms with E-state index >= 15 is 0 Å². The minimum Gasteiger partial charge on any atom is -0.0870 e. The van der Waals surface area contributed by atoms with Crippen molar-refractivity contribution in [2.75, 3.05) is 0 Å². The summed E-state index contributed by atoms with van der Waals surface area (Å²) >= 11 is 0. The smallest absolute Gasteiger partial charge is 0.00330 e. The number of fused-ring (bicyclic) bond motifs is 3. The fourth-order valence-corrected chi connectivity index (χ4v) is 2.41. The van der Waals surface area contributed by atoms with Crippen LogP contribution in [0.3, 0.4) is 0 Å². The van der Waals surface area contributed by atoms with Crippen LogP contribution in [0.4, 0.5) is 0 Å². The van der Waals surface area contributed by atoms with Gasteiger partial charge in [-0.15, -0.1) is 0 Å². The van der Waals surface area contributed by atoms with E-state index in [-0.39, 0.29) is 14.9 Å². The van der Waals surface area contributed by atoms with E-state index in [0.29, 0.717) is 0 Å². The molecule has 0 heteroatoms. The van der Waals surface area contributed by atoms with Crippen molar-refractivity contribution in [3.05, 3.63) is 66.2 Å². The summed E-state index contributed by atoms with van der Waals surface area (Å²) in [7, 11) is 0. The second kappa shape index (κ2) is 6.19. The van der Waals surface area contributed by atoms with Gasteiger partial charge in [0.2, 0.25) is 0 Å². The Balaban J connectivity index is 0.000000902. The summed E-state index contributed by atoms with van der Waals surface area (Å²) in [5.74, 6) is 0. The molecule has 0 heterocycles. The van der Waals surface area contributed by atoms with Crippen LogP contribution in [0.25, 0.3) is 27.6 Å². The molecule has 0 bridgehead atoms. The van der Waals surface area contributed by atoms with Crippen LogP contribution in [0, 0.1) is 0 Å². The Hall–Kier alpha value is -2.08. The van der Waals surface area contributed by atoms with Gasteiger partial charge in [-0.2, -0.15) is 0 Å². The molecule has 3 rings (SSSR count). The van der Waals surface area contributed by atoms with Crippen LogP contribution < -0.4 is 0 Å². The zero-order valence-corrected chi connectivity index (χ0v) is 9.85. The third-order valence-electron chi connectivity index (χ3n) is 3.15. The monoisotopic (exact) mass is 250 g/mol. The van der Waals surface area contributed by atoms with Crippen molar-refractivity contribution in [3.8, 4) is 0 Å². The molecular formula is C19H22. The molecule has 0 aliphatic carbocycles. The van der Waals surface area contributed by atoms with E-state index in [1.54, 1.807) is 0 Å². The molecule has 0 fully saturated rings. The number of allylic oxidation sites excluding steroid dienone is 1. The lowest BCUT2D eigenvalue weighted by atomic mass is 9.97. The minimum absolute atomic E-state index is 0. The van der Waals surface area contributed by atoms with Gasteiger partial charge in [-0.25, -0.2) is 0 Å². The van der Waals surface area contributed by atoms with Crippen LogP contribution in [0.2, 0.25) is 0 Å². The number of hydrogen-bond donors (Lipinski definition) is 0. The topological polar surface area (TPSA) is 0 Å². The molecule has 0 nitrogen and oxygen atoms in total. The number of hydrogen-bond acceptors (Lipinski definition) is 0. The third kappa shape index (κ3) is 2.53. The maximum atomic E-state index is 2.20. The maximum Gasteiger partial charge on any atom is -0.00330 e. The molecule has 0 unspecified atom stereocenters. The Kier molecular flexibility index (Phi) is 4.88. The lowest BCUT2D eigenvalue weighted by Gasteiger charge is -2.07. The van der Waals surface area contributed by atoms with Crippen molar-refractivity contribution < 1.29 is 0 Å². The van der Waals surface area contributed by atoms with Crippen LogP contribution in [0.1, 0.15) is 27.3 Å². The predicted molar refractivity (Wildman–Crippen MR) is 89.6 cm³/mol. The van der Waals surface area contributed by atoms with Gasteiger partial charge < -0.3 is 0 Å². The lowest BCUT2D eigenvalue weighted by Crippen LogP contribution is -1.81. The van der Waals surface area contributed by atoms with Crippen molar-refractivity contribution in [1.29, 1.82) is 0 Å². The number of benzene rings is 3. The fraction of sp³-hybridized carbons (Fsp3) is 0.158. The van der Waals surface area contributed by atoms with Gasteiger partial charge in [0.25, 0.3) is 0 Å². The second-order valence-electron chi connectivity index (χ2n) is 4.23. The molecule has 0 N–H and O–H groups in total. The third-order valence-corrected chi connectivity index (χ3v) is 3.15. The van der Waals surface area contributed by atoms with Gasteiger partial charge in [-0.05, 0) is 34.0 Å². The highest BCUT2D eigenvalue weighted by molar-refractivity contribution is 6.11. The van der Waals surface area contributed by atoms with Crippen molar-refractivity contribution >= 4 is 27.6 Å². The molecule has 0 spiro atoms. The van der Waals surface area contributed by atoms with Crippen LogP contribution in [0.5, 0.6) is 0 Å². The van der Waals surface area contributed by atoms with Crippen LogP contribution in [-0.2, 0) is 0 Å². The summed E-state index contributed by atoms with van der Waals surface area (Å²) in [4.78, 5) is 0. The first kappa shape index (κ1) is 15.0. The van der Waals surface area contributed by atoms with Crippen molar-refractivity contribution in [3.63, 3.8) is 0 Å². The Morgan fingerprint density at radius 2 is 1.42 bits per heavy atom. The summed E-state index contributed by atoms with van der Waals surface area (Å²) in [5, 5.41) is 5.29. The van der Waals surface area contributed by atoms with Crippen molar-refractivity contribution in [2.45, 2.75) is 21.8 Å². The molecule has 3 aromatic rings. The van der Waals surface area contributed by atoms with E-state index in [1.165, 1.54) is 27.1 Å². The SMILES string of the molecule is C.C.C/C=C\c1cccc2ccc3ccccc3c12. The van der Waals surface area contributed by atoms with Gasteiger partial charge in [0.05, 0.1) is 0 Å². The Bertz CT molecular complexity index is 705. The van der Waals surface area contributed by atoms with E-state index in [2.05, 4.69) is 73.7 Å². The normalized spacial score (nSPS) is 10.4. The molecule has 3 aromatic carbocycles. The van der Waals surface area contributed by atoms with Crippen molar-refractivity contribution in [2.24, 2.45) is 0 Å². The number of rotatable bonds is 1. The Morgan fingerprint density at radius 1 is 0.737 bits per heavy atom. The van der Waals surface area contributed by atoms with Crippen LogP contribution in [0.15, 0.2) is 60.7 Å². The summed E-state index contributed by atoms with van der Waals surface area (Å²) in [6.45, 7) is 2.06. The van der Waals surface area contributed by atoms with E-state index in [1.807, 2.05) is 0 Å². The molecule has 0 saturated carbocycles. The molecule has 0 atom stereocenters. The summed E-state index contributed by atoms with van der Waals surface area (Å²) in [6, 6.07) is 19.4. The highest BCUT2D eigenvalue weighted by Crippen LogP contribution is 2.28. The first-order valence-electron chi connectivity index (χ1n) is 5.93. The second-order valence-corrected chi connectivity index (χ2v) is 4.23. The molecule has 0 saturated heterocycles. The summed E-state index contributed by atoms with van der Waals surface area (Å²) in [6.07, 6.45) is 4.27. The summed E-state index contributed by atoms with van der Waals surface area (Å²) in [5.41, 5.74) is 1.29. The largest absolute Gasteiger partial charge is 0.0870 e. The first-order valence-corrected chi connectivity index (χ1v) is 5.93. The average Bonchev–Trinajstić information content (AvgIpc) is 2.39. The minimum atomic E-state index is 0. The maximum absolute atomic E-state index is 2.20. The molecule has 19 heavy (non-hydrogen) atoms. The van der Waals surface area contributed by atoms with Gasteiger partial charge in [-0.3, -0.25) is 0 Å². The lowest BCUT2D eigenvalue weighted by molar-refractivity contribution is 1.71. The Morgan fingerprint density at radius 3 is 2.21 bits per heavy atom. The average molecular weight is 250 g/mol.